The average Bonchev–Trinajstić information content (AvgIpc) is 3.07. The van der Waals surface area contributed by atoms with E-state index in [2.05, 4.69) is 53.1 Å². The molecule has 0 radical (unpaired) electrons. The van der Waals surface area contributed by atoms with Gasteiger partial charge in [0.25, 0.3) is 5.56 Å². The van der Waals surface area contributed by atoms with Crippen LogP contribution in [0.2, 0.25) is 0 Å². The summed E-state index contributed by atoms with van der Waals surface area (Å²) in [5.41, 5.74) is 2.97. The fourth-order valence-corrected chi connectivity index (χ4v) is 5.39. The third-order valence-electron chi connectivity index (χ3n) is 5.95. The Morgan fingerprint density at radius 3 is 2.89 bits per heavy atom. The van der Waals surface area contributed by atoms with E-state index in [1.807, 2.05) is 23.9 Å². The molecule has 6 heteroatoms. The van der Waals surface area contributed by atoms with Crippen molar-refractivity contribution in [3.63, 3.8) is 0 Å². The van der Waals surface area contributed by atoms with E-state index < -0.39 is 0 Å². The molecule has 2 aromatic rings. The number of aromatic nitrogens is 2. The first-order chi connectivity index (χ1) is 13.6. The molecule has 2 aliphatic heterocycles. The van der Waals surface area contributed by atoms with Crippen LogP contribution in [0.1, 0.15) is 37.1 Å². The zero-order chi connectivity index (χ0) is 19.3. The minimum Gasteiger partial charge on any atom is -0.310 e. The summed E-state index contributed by atoms with van der Waals surface area (Å²) < 4.78 is 0. The maximum Gasteiger partial charge on any atom is 0.258 e. The summed E-state index contributed by atoms with van der Waals surface area (Å²) in [6.07, 6.45) is 8.65. The molecule has 2 atom stereocenters. The summed E-state index contributed by atoms with van der Waals surface area (Å²) in [5, 5.41) is 2.16. The minimum absolute atomic E-state index is 0.0338. The number of piperidine rings is 1. The molecule has 3 aliphatic rings. The topological polar surface area (TPSA) is 61.4 Å². The predicted molar refractivity (Wildman–Crippen MR) is 117 cm³/mol. The number of hydrogen-bond acceptors (Lipinski definition) is 5. The lowest BCUT2D eigenvalue weighted by molar-refractivity contribution is 0.251. The van der Waals surface area contributed by atoms with E-state index in [0.717, 1.165) is 53.5 Å². The van der Waals surface area contributed by atoms with Gasteiger partial charge in [0.2, 0.25) is 0 Å². The van der Waals surface area contributed by atoms with Crippen molar-refractivity contribution >= 4 is 33.3 Å². The van der Waals surface area contributed by atoms with Crippen LogP contribution in [-0.2, 0) is 0 Å². The van der Waals surface area contributed by atoms with Gasteiger partial charge in [-0.2, -0.15) is 0 Å². The molecule has 1 aliphatic carbocycles. The van der Waals surface area contributed by atoms with Crippen molar-refractivity contribution in [1.82, 2.24) is 14.9 Å². The van der Waals surface area contributed by atoms with Crippen molar-refractivity contribution in [2.75, 3.05) is 20.1 Å². The Balaban J connectivity index is 1.47. The third-order valence-corrected chi connectivity index (χ3v) is 7.09. The number of likely N-dealkylation sites (tertiary alicyclic amines) is 1. The second-order valence-corrected chi connectivity index (χ2v) is 9.33. The van der Waals surface area contributed by atoms with Crippen molar-refractivity contribution < 1.29 is 0 Å². The predicted octanol–water partition coefficient (Wildman–Crippen LogP) is 3.59. The molecule has 1 aromatic carbocycles. The van der Waals surface area contributed by atoms with Gasteiger partial charge in [0.1, 0.15) is 5.82 Å². The van der Waals surface area contributed by atoms with Gasteiger partial charge in [-0.05, 0) is 63.2 Å². The number of thioether (sulfide) groups is 1. The highest BCUT2D eigenvalue weighted by Gasteiger charge is 2.27. The molecule has 1 aromatic heterocycles. The van der Waals surface area contributed by atoms with Crippen molar-refractivity contribution in [2.45, 2.75) is 37.0 Å². The van der Waals surface area contributed by atoms with Crippen molar-refractivity contribution in [2.24, 2.45) is 4.99 Å². The van der Waals surface area contributed by atoms with Crippen molar-refractivity contribution in [3.8, 4) is 0 Å². The van der Waals surface area contributed by atoms with Crippen LogP contribution in [0.5, 0.6) is 0 Å². The molecule has 2 unspecified atom stereocenters. The highest BCUT2D eigenvalue weighted by atomic mass is 32.2. The fourth-order valence-electron chi connectivity index (χ4n) is 4.30. The number of fused-ring (bicyclic) bond motifs is 2. The first-order valence-electron chi connectivity index (χ1n) is 9.91. The molecular formula is C22H24N4OS. The standard InChI is InChI=1S/C22H24N4OS/c1-13-23-19-6-4-16(12-20(19)28-13)15-3-5-18-17(11-15)22(27)25-21(24-18)14-7-9-26(2)10-8-14/h3-6,11-12,14,19-20H,7-10H2,1-2H3,(H,24,25,27). The number of aliphatic imine (C=N–C) groups is 1. The van der Waals surface area contributed by atoms with Crippen LogP contribution in [0.3, 0.4) is 0 Å². The van der Waals surface area contributed by atoms with Crippen molar-refractivity contribution in [1.29, 1.82) is 0 Å². The Morgan fingerprint density at radius 2 is 2.07 bits per heavy atom. The summed E-state index contributed by atoms with van der Waals surface area (Å²) in [4.78, 5) is 27.6. The third kappa shape index (κ3) is 3.25. The number of allylic oxidation sites excluding steroid dienone is 2. The van der Waals surface area contributed by atoms with Gasteiger partial charge in [0.15, 0.2) is 0 Å². The lowest BCUT2D eigenvalue weighted by Crippen LogP contribution is -2.30. The van der Waals surface area contributed by atoms with Gasteiger partial charge in [-0.15, -0.1) is 11.8 Å². The molecule has 5 rings (SSSR count). The number of nitrogens with one attached hydrogen (secondary N) is 1. The normalized spacial score (nSPS) is 25.6. The molecule has 0 saturated carbocycles. The summed E-state index contributed by atoms with van der Waals surface area (Å²) in [6, 6.07) is 6.29. The van der Waals surface area contributed by atoms with Crippen LogP contribution in [0.15, 0.2) is 46.2 Å². The molecule has 3 heterocycles. The molecular weight excluding hydrogens is 368 g/mol. The van der Waals surface area contributed by atoms with Gasteiger partial charge >= 0.3 is 0 Å². The van der Waals surface area contributed by atoms with Gasteiger partial charge in [0.05, 0.1) is 27.2 Å². The smallest absolute Gasteiger partial charge is 0.258 e. The largest absolute Gasteiger partial charge is 0.310 e. The number of benzene rings is 1. The van der Waals surface area contributed by atoms with E-state index in [1.54, 1.807) is 0 Å². The van der Waals surface area contributed by atoms with Crippen LogP contribution in [0.4, 0.5) is 0 Å². The van der Waals surface area contributed by atoms with E-state index in [1.165, 1.54) is 0 Å². The van der Waals surface area contributed by atoms with E-state index in [-0.39, 0.29) is 11.6 Å². The van der Waals surface area contributed by atoms with Crippen LogP contribution < -0.4 is 5.56 Å². The molecule has 0 bridgehead atoms. The van der Waals surface area contributed by atoms with Crippen LogP contribution in [0, 0.1) is 0 Å². The zero-order valence-electron chi connectivity index (χ0n) is 16.2. The number of nitrogens with zero attached hydrogens (tertiary/aromatic N) is 3. The van der Waals surface area contributed by atoms with Crippen LogP contribution >= 0.6 is 11.8 Å². The van der Waals surface area contributed by atoms with Gasteiger partial charge in [-0.1, -0.05) is 24.3 Å². The number of H-pyrrole nitrogens is 1. The van der Waals surface area contributed by atoms with Crippen molar-refractivity contribution in [3.05, 3.63) is 58.2 Å². The highest BCUT2D eigenvalue weighted by Crippen LogP contribution is 2.35. The second-order valence-electron chi connectivity index (χ2n) is 7.96. The van der Waals surface area contributed by atoms with E-state index in [9.17, 15) is 4.79 Å². The Kier molecular flexibility index (Phi) is 4.48. The number of rotatable bonds is 2. The Labute approximate surface area is 168 Å². The molecule has 1 N–H and O–H groups in total. The first-order valence-corrected chi connectivity index (χ1v) is 10.8. The monoisotopic (exact) mass is 392 g/mol. The lowest BCUT2D eigenvalue weighted by Gasteiger charge is -2.28. The molecule has 0 spiro atoms. The van der Waals surface area contributed by atoms with Gasteiger partial charge in [0, 0.05) is 5.92 Å². The highest BCUT2D eigenvalue weighted by molar-refractivity contribution is 8.14. The zero-order valence-corrected chi connectivity index (χ0v) is 17.0. The molecule has 1 saturated heterocycles. The summed E-state index contributed by atoms with van der Waals surface area (Å²) >= 11 is 1.81. The van der Waals surface area contributed by atoms with Gasteiger partial charge in [-0.25, -0.2) is 4.98 Å². The molecule has 1 fully saturated rings. The van der Waals surface area contributed by atoms with Crippen LogP contribution in [-0.4, -0.2) is 51.3 Å². The Hall–Kier alpha value is -2.18. The second kappa shape index (κ2) is 7.01. The van der Waals surface area contributed by atoms with E-state index in [0.29, 0.717) is 16.6 Å². The molecule has 5 nitrogen and oxygen atoms in total. The summed E-state index contributed by atoms with van der Waals surface area (Å²) in [5.74, 6) is 1.18. The molecule has 28 heavy (non-hydrogen) atoms. The Morgan fingerprint density at radius 1 is 1.25 bits per heavy atom. The first kappa shape index (κ1) is 17.9. The number of aromatic amines is 1. The Bertz CT molecular complexity index is 1080. The van der Waals surface area contributed by atoms with Crippen LogP contribution in [0.25, 0.3) is 16.5 Å². The fraction of sp³-hybridized carbons (Fsp3) is 0.409. The van der Waals surface area contributed by atoms with E-state index in [4.69, 9.17) is 4.98 Å². The lowest BCUT2D eigenvalue weighted by atomic mass is 9.95. The SMILES string of the molecule is CC1=NC2C=CC(c3ccc4nc(C5CCN(C)CC5)[nH]c(=O)c4c3)=CC2S1. The summed E-state index contributed by atoms with van der Waals surface area (Å²) in [6.45, 7) is 4.16. The summed E-state index contributed by atoms with van der Waals surface area (Å²) in [7, 11) is 2.14. The maximum absolute atomic E-state index is 12.8. The average molecular weight is 393 g/mol. The van der Waals surface area contributed by atoms with Gasteiger partial charge in [-0.3, -0.25) is 9.79 Å². The molecule has 144 valence electrons. The van der Waals surface area contributed by atoms with Gasteiger partial charge < -0.3 is 9.88 Å². The minimum atomic E-state index is -0.0338. The quantitative estimate of drug-likeness (QED) is 0.848. The number of hydrogen-bond donors (Lipinski definition) is 1. The molecule has 0 amide bonds. The maximum atomic E-state index is 12.8. The van der Waals surface area contributed by atoms with E-state index >= 15 is 0 Å².